The van der Waals surface area contributed by atoms with Crippen molar-refractivity contribution in [2.75, 3.05) is 31.1 Å². The van der Waals surface area contributed by atoms with Crippen LogP contribution in [-0.2, 0) is 13.0 Å². The number of nitrogens with zero attached hydrogens (tertiary/aromatic N) is 6. The van der Waals surface area contributed by atoms with Gasteiger partial charge < -0.3 is 9.88 Å². The van der Waals surface area contributed by atoms with E-state index < -0.39 is 0 Å². The van der Waals surface area contributed by atoms with Crippen molar-refractivity contribution in [3.05, 3.63) is 117 Å². The number of nitrogens with one attached hydrogen (secondary N) is 1. The minimum absolute atomic E-state index is 0.104. The van der Waals surface area contributed by atoms with Crippen LogP contribution in [-0.4, -0.2) is 56.3 Å². The number of piperazine rings is 1. The number of aromatic amines is 1. The zero-order valence-corrected chi connectivity index (χ0v) is 23.3. The van der Waals surface area contributed by atoms with Crippen molar-refractivity contribution < 1.29 is 0 Å². The van der Waals surface area contributed by atoms with E-state index >= 15 is 0 Å². The van der Waals surface area contributed by atoms with Gasteiger partial charge in [-0.25, -0.2) is 4.68 Å². The van der Waals surface area contributed by atoms with E-state index in [1.807, 2.05) is 35.0 Å². The highest BCUT2D eigenvalue weighted by molar-refractivity contribution is 5.80. The molecule has 5 aromatic rings. The molecule has 1 aliphatic rings. The van der Waals surface area contributed by atoms with Crippen LogP contribution in [0, 0.1) is 13.8 Å². The number of tetrazole rings is 1. The first-order valence-corrected chi connectivity index (χ1v) is 14.0. The van der Waals surface area contributed by atoms with Crippen molar-refractivity contribution in [2.24, 2.45) is 0 Å². The van der Waals surface area contributed by atoms with E-state index in [0.29, 0.717) is 17.9 Å². The Bertz CT molecular complexity index is 1680. The molecule has 0 amide bonds. The number of benzene rings is 3. The summed E-state index contributed by atoms with van der Waals surface area (Å²) in [6.45, 7) is 10.3. The molecule has 0 bridgehead atoms. The lowest BCUT2D eigenvalue weighted by Gasteiger charge is -2.40. The minimum Gasteiger partial charge on any atom is -0.369 e. The number of pyridine rings is 1. The fourth-order valence-electron chi connectivity index (χ4n) is 5.77. The molecule has 0 saturated carbocycles. The smallest absolute Gasteiger partial charge is 0.253 e. The standard InChI is InChI=1S/C32H35N7O/c1-4-24-13-14-28-26(19-24)20-27(32(40)33-28)30(31-34-35-36-39(31)21-25-10-6-5-7-11-25)38-17-15-37(16-18-38)29-12-8-9-22(2)23(29)3/h5-14,19-20,30H,4,15-18,21H2,1-3H3,(H,33,40). The summed E-state index contributed by atoms with van der Waals surface area (Å²) in [5.74, 6) is 0.681. The molecule has 0 radical (unpaired) electrons. The Morgan fingerprint density at radius 2 is 1.70 bits per heavy atom. The van der Waals surface area contributed by atoms with E-state index in [-0.39, 0.29) is 11.6 Å². The molecule has 1 N–H and O–H groups in total. The van der Waals surface area contributed by atoms with E-state index in [1.54, 1.807) is 0 Å². The second kappa shape index (κ2) is 11.1. The number of aromatic nitrogens is 5. The lowest BCUT2D eigenvalue weighted by Crippen LogP contribution is -2.49. The first kappa shape index (κ1) is 26.0. The number of H-pyrrole nitrogens is 1. The molecular weight excluding hydrogens is 498 g/mol. The molecular formula is C32H35N7O. The number of fused-ring (bicyclic) bond motifs is 1. The van der Waals surface area contributed by atoms with Gasteiger partial charge in [0.2, 0.25) is 0 Å². The highest BCUT2D eigenvalue weighted by Gasteiger charge is 2.33. The SMILES string of the molecule is CCc1ccc2[nH]c(=O)c(C(c3nnnn3Cc3ccccc3)N3CCN(c4cccc(C)c4C)CC3)cc2c1. The molecule has 204 valence electrons. The van der Waals surface area contributed by atoms with Gasteiger partial charge in [0.05, 0.1) is 6.54 Å². The molecule has 3 heterocycles. The lowest BCUT2D eigenvalue weighted by molar-refractivity contribution is 0.200. The van der Waals surface area contributed by atoms with Gasteiger partial charge in [-0.15, -0.1) is 5.10 Å². The minimum atomic E-state index is -0.377. The van der Waals surface area contributed by atoms with Crippen LogP contribution >= 0.6 is 0 Å². The van der Waals surface area contributed by atoms with Crippen LogP contribution in [0.15, 0.2) is 77.6 Å². The number of aryl methyl sites for hydroxylation is 2. The van der Waals surface area contributed by atoms with Crippen molar-refractivity contribution in [1.29, 1.82) is 0 Å². The molecule has 0 aliphatic carbocycles. The molecule has 2 aromatic heterocycles. The largest absolute Gasteiger partial charge is 0.369 e. The van der Waals surface area contributed by atoms with Crippen LogP contribution in [0.3, 0.4) is 0 Å². The Labute approximate surface area is 234 Å². The zero-order valence-electron chi connectivity index (χ0n) is 23.3. The maximum atomic E-state index is 13.6. The molecule has 6 rings (SSSR count). The number of hydrogen-bond acceptors (Lipinski definition) is 6. The first-order chi connectivity index (χ1) is 19.5. The highest BCUT2D eigenvalue weighted by atomic mass is 16.1. The van der Waals surface area contributed by atoms with Gasteiger partial charge >= 0.3 is 0 Å². The first-order valence-electron chi connectivity index (χ1n) is 14.0. The topological polar surface area (TPSA) is 82.9 Å². The molecule has 1 unspecified atom stereocenters. The number of rotatable bonds is 7. The van der Waals surface area contributed by atoms with Crippen LogP contribution in [0.2, 0.25) is 0 Å². The Morgan fingerprint density at radius 1 is 0.900 bits per heavy atom. The fraction of sp³-hybridized carbons (Fsp3) is 0.312. The number of anilines is 1. The molecule has 40 heavy (non-hydrogen) atoms. The monoisotopic (exact) mass is 533 g/mol. The second-order valence-corrected chi connectivity index (χ2v) is 10.7. The normalized spacial score (nSPS) is 15.0. The van der Waals surface area contributed by atoms with Gasteiger partial charge in [-0.3, -0.25) is 9.69 Å². The average molecular weight is 534 g/mol. The average Bonchev–Trinajstić information content (AvgIpc) is 3.43. The predicted molar refractivity (Wildman–Crippen MR) is 159 cm³/mol. The Morgan fingerprint density at radius 3 is 2.48 bits per heavy atom. The third-order valence-corrected chi connectivity index (χ3v) is 8.22. The predicted octanol–water partition coefficient (Wildman–Crippen LogP) is 4.65. The number of hydrogen-bond donors (Lipinski definition) is 1. The molecule has 1 fully saturated rings. The molecule has 3 aromatic carbocycles. The maximum Gasteiger partial charge on any atom is 0.253 e. The zero-order chi connectivity index (χ0) is 27.6. The summed E-state index contributed by atoms with van der Waals surface area (Å²) in [4.78, 5) is 21.6. The van der Waals surface area contributed by atoms with E-state index in [0.717, 1.165) is 49.1 Å². The van der Waals surface area contributed by atoms with Crippen molar-refractivity contribution in [2.45, 2.75) is 39.8 Å². The molecule has 1 atom stereocenters. The Balaban J connectivity index is 1.39. The van der Waals surface area contributed by atoms with Gasteiger partial charge in [-0.1, -0.05) is 55.5 Å². The summed E-state index contributed by atoms with van der Waals surface area (Å²) in [5, 5.41) is 14.0. The summed E-state index contributed by atoms with van der Waals surface area (Å²) < 4.78 is 1.84. The van der Waals surface area contributed by atoms with E-state index in [2.05, 4.69) is 93.5 Å². The molecule has 8 heteroatoms. The van der Waals surface area contributed by atoms with Gasteiger partial charge in [-0.05, 0) is 82.6 Å². The third kappa shape index (κ3) is 5.02. The van der Waals surface area contributed by atoms with Crippen LogP contribution in [0.5, 0.6) is 0 Å². The lowest BCUT2D eigenvalue weighted by atomic mass is 10.0. The van der Waals surface area contributed by atoms with Crippen LogP contribution in [0.1, 0.15) is 46.6 Å². The van der Waals surface area contributed by atoms with Crippen molar-refractivity contribution in [3.63, 3.8) is 0 Å². The van der Waals surface area contributed by atoms with Gasteiger partial charge in [0, 0.05) is 42.9 Å². The summed E-state index contributed by atoms with van der Waals surface area (Å²) in [7, 11) is 0. The summed E-state index contributed by atoms with van der Waals surface area (Å²) in [6.07, 6.45) is 0.934. The molecule has 8 nitrogen and oxygen atoms in total. The molecule has 1 saturated heterocycles. The second-order valence-electron chi connectivity index (χ2n) is 10.7. The van der Waals surface area contributed by atoms with Gasteiger partial charge in [-0.2, -0.15) is 0 Å². The van der Waals surface area contributed by atoms with Crippen molar-refractivity contribution in [1.82, 2.24) is 30.1 Å². The third-order valence-electron chi connectivity index (χ3n) is 8.22. The fourth-order valence-corrected chi connectivity index (χ4v) is 5.77. The quantitative estimate of drug-likeness (QED) is 0.328. The van der Waals surface area contributed by atoms with Crippen molar-refractivity contribution >= 4 is 16.6 Å². The van der Waals surface area contributed by atoms with Crippen molar-refractivity contribution in [3.8, 4) is 0 Å². The van der Waals surface area contributed by atoms with E-state index in [4.69, 9.17) is 0 Å². The summed E-state index contributed by atoms with van der Waals surface area (Å²) >= 11 is 0. The molecule has 1 aliphatic heterocycles. The maximum absolute atomic E-state index is 13.6. The Kier molecular flexibility index (Phi) is 7.17. The Hall–Kier alpha value is -4.30. The van der Waals surface area contributed by atoms with Crippen LogP contribution in [0.4, 0.5) is 5.69 Å². The molecule has 0 spiro atoms. The highest BCUT2D eigenvalue weighted by Crippen LogP contribution is 2.30. The van der Waals surface area contributed by atoms with Gasteiger partial charge in [0.15, 0.2) is 5.82 Å². The van der Waals surface area contributed by atoms with Gasteiger partial charge in [0.25, 0.3) is 5.56 Å². The van der Waals surface area contributed by atoms with E-state index in [9.17, 15) is 4.79 Å². The summed E-state index contributed by atoms with van der Waals surface area (Å²) in [6, 6.07) is 24.6. The van der Waals surface area contributed by atoms with Crippen LogP contribution < -0.4 is 10.5 Å². The summed E-state index contributed by atoms with van der Waals surface area (Å²) in [5.41, 5.74) is 7.64. The van der Waals surface area contributed by atoms with Gasteiger partial charge in [0.1, 0.15) is 6.04 Å². The van der Waals surface area contributed by atoms with E-state index in [1.165, 1.54) is 22.4 Å². The van der Waals surface area contributed by atoms with Crippen LogP contribution in [0.25, 0.3) is 10.9 Å².